The van der Waals surface area contributed by atoms with Gasteiger partial charge < -0.3 is 10.2 Å². The average molecular weight is 293 g/mol. The predicted octanol–water partition coefficient (Wildman–Crippen LogP) is 2.13. The van der Waals surface area contributed by atoms with E-state index in [0.717, 1.165) is 37.6 Å². The molecule has 0 radical (unpaired) electrons. The van der Waals surface area contributed by atoms with E-state index in [9.17, 15) is 9.18 Å². The lowest BCUT2D eigenvalue weighted by atomic mass is 9.97. The summed E-state index contributed by atoms with van der Waals surface area (Å²) in [6, 6.07) is 4.79. The maximum atomic E-state index is 13.6. The number of piperidine rings is 1. The SMILES string of the molecule is O=C(O)C=Cc1cc(CN2CCC(CO)CC2)ccc1F. The van der Waals surface area contributed by atoms with Crippen molar-refractivity contribution in [2.75, 3.05) is 19.7 Å². The molecule has 0 aliphatic carbocycles. The normalized spacial score (nSPS) is 17.4. The first-order chi connectivity index (χ1) is 10.1. The summed E-state index contributed by atoms with van der Waals surface area (Å²) in [5.74, 6) is -1.12. The lowest BCUT2D eigenvalue weighted by Gasteiger charge is -2.31. The summed E-state index contributed by atoms with van der Waals surface area (Å²) in [5.41, 5.74) is 1.25. The molecule has 0 bridgehead atoms. The molecular formula is C16H20FNO3. The Bertz CT molecular complexity index is 522. The van der Waals surface area contributed by atoms with Gasteiger partial charge in [0, 0.05) is 24.8 Å². The Balaban J connectivity index is 2.01. The zero-order valence-corrected chi connectivity index (χ0v) is 11.8. The number of benzene rings is 1. The molecule has 21 heavy (non-hydrogen) atoms. The molecule has 114 valence electrons. The van der Waals surface area contributed by atoms with E-state index in [1.165, 1.54) is 12.1 Å². The molecule has 1 saturated heterocycles. The number of carboxylic acid groups (broad SMARTS) is 1. The molecule has 2 rings (SSSR count). The van der Waals surface area contributed by atoms with Crippen LogP contribution in [0, 0.1) is 11.7 Å². The van der Waals surface area contributed by atoms with Crippen LogP contribution in [-0.4, -0.2) is 40.8 Å². The number of halogens is 1. The van der Waals surface area contributed by atoms with Gasteiger partial charge in [-0.05, 0) is 55.6 Å². The highest BCUT2D eigenvalue weighted by Crippen LogP contribution is 2.20. The number of aliphatic carboxylic acids is 1. The van der Waals surface area contributed by atoms with Gasteiger partial charge in [0.05, 0.1) is 0 Å². The molecule has 1 aromatic rings. The van der Waals surface area contributed by atoms with Crippen LogP contribution in [0.3, 0.4) is 0 Å². The molecule has 0 saturated carbocycles. The molecule has 0 amide bonds. The van der Waals surface area contributed by atoms with Gasteiger partial charge in [-0.15, -0.1) is 0 Å². The highest BCUT2D eigenvalue weighted by atomic mass is 19.1. The van der Waals surface area contributed by atoms with Crippen LogP contribution in [-0.2, 0) is 11.3 Å². The molecule has 1 aromatic carbocycles. The van der Waals surface area contributed by atoms with Gasteiger partial charge in [0.2, 0.25) is 0 Å². The first kappa shape index (κ1) is 15.7. The Morgan fingerprint density at radius 3 is 2.71 bits per heavy atom. The Morgan fingerprint density at radius 1 is 1.38 bits per heavy atom. The van der Waals surface area contributed by atoms with Crippen LogP contribution in [0.2, 0.25) is 0 Å². The summed E-state index contributed by atoms with van der Waals surface area (Å²) in [6.45, 7) is 2.80. The number of rotatable bonds is 5. The van der Waals surface area contributed by atoms with E-state index in [0.29, 0.717) is 18.0 Å². The number of hydrogen-bond acceptors (Lipinski definition) is 3. The van der Waals surface area contributed by atoms with Crippen molar-refractivity contribution in [3.8, 4) is 0 Å². The smallest absolute Gasteiger partial charge is 0.328 e. The molecular weight excluding hydrogens is 273 g/mol. The maximum absolute atomic E-state index is 13.6. The van der Waals surface area contributed by atoms with Gasteiger partial charge in [-0.1, -0.05) is 6.07 Å². The van der Waals surface area contributed by atoms with Crippen LogP contribution in [0.1, 0.15) is 24.0 Å². The first-order valence-electron chi connectivity index (χ1n) is 7.11. The molecule has 0 unspecified atom stereocenters. The van der Waals surface area contributed by atoms with Crippen LogP contribution < -0.4 is 0 Å². The molecule has 1 aliphatic heterocycles. The van der Waals surface area contributed by atoms with E-state index < -0.39 is 11.8 Å². The topological polar surface area (TPSA) is 60.8 Å². The van der Waals surface area contributed by atoms with Gasteiger partial charge in [-0.3, -0.25) is 4.90 Å². The summed E-state index contributed by atoms with van der Waals surface area (Å²) < 4.78 is 13.6. The van der Waals surface area contributed by atoms with Gasteiger partial charge in [0.25, 0.3) is 0 Å². The van der Waals surface area contributed by atoms with Gasteiger partial charge in [0.1, 0.15) is 5.82 Å². The minimum atomic E-state index is -1.09. The predicted molar refractivity (Wildman–Crippen MR) is 78.2 cm³/mol. The number of hydrogen-bond donors (Lipinski definition) is 2. The molecule has 5 heteroatoms. The largest absolute Gasteiger partial charge is 0.478 e. The quantitative estimate of drug-likeness (QED) is 0.817. The molecule has 1 aliphatic rings. The zero-order chi connectivity index (χ0) is 15.2. The van der Waals surface area contributed by atoms with Crippen LogP contribution >= 0.6 is 0 Å². The van der Waals surface area contributed by atoms with Crippen molar-refractivity contribution >= 4 is 12.0 Å². The van der Waals surface area contributed by atoms with E-state index in [1.54, 1.807) is 12.1 Å². The molecule has 1 heterocycles. The Kier molecular flexibility index (Phi) is 5.47. The highest BCUT2D eigenvalue weighted by Gasteiger charge is 2.18. The average Bonchev–Trinajstić information content (AvgIpc) is 2.48. The van der Waals surface area contributed by atoms with Crippen molar-refractivity contribution in [1.29, 1.82) is 0 Å². The van der Waals surface area contributed by atoms with Gasteiger partial charge in [-0.25, -0.2) is 9.18 Å². The van der Waals surface area contributed by atoms with E-state index >= 15 is 0 Å². The van der Waals surface area contributed by atoms with E-state index in [-0.39, 0.29) is 6.61 Å². The van der Waals surface area contributed by atoms with Crippen molar-refractivity contribution in [3.05, 3.63) is 41.2 Å². The fraction of sp³-hybridized carbons (Fsp3) is 0.438. The van der Waals surface area contributed by atoms with Crippen molar-refractivity contribution in [2.24, 2.45) is 5.92 Å². The van der Waals surface area contributed by atoms with Crippen LogP contribution in [0.4, 0.5) is 4.39 Å². The van der Waals surface area contributed by atoms with E-state index in [4.69, 9.17) is 10.2 Å². The van der Waals surface area contributed by atoms with Gasteiger partial charge in [0.15, 0.2) is 0 Å². The summed E-state index contributed by atoms with van der Waals surface area (Å²) in [6.07, 6.45) is 4.17. The zero-order valence-electron chi connectivity index (χ0n) is 11.8. The molecule has 0 spiro atoms. The number of carboxylic acids is 1. The second kappa shape index (κ2) is 7.33. The highest BCUT2D eigenvalue weighted by molar-refractivity contribution is 5.85. The minimum absolute atomic E-state index is 0.245. The third-order valence-electron chi connectivity index (χ3n) is 3.84. The van der Waals surface area contributed by atoms with Crippen molar-refractivity contribution in [1.82, 2.24) is 4.90 Å². The second-order valence-corrected chi connectivity index (χ2v) is 5.43. The second-order valence-electron chi connectivity index (χ2n) is 5.43. The minimum Gasteiger partial charge on any atom is -0.478 e. The maximum Gasteiger partial charge on any atom is 0.328 e. The molecule has 2 N–H and O–H groups in total. The Hall–Kier alpha value is -1.72. The Morgan fingerprint density at radius 2 is 2.10 bits per heavy atom. The molecule has 0 aromatic heterocycles. The first-order valence-corrected chi connectivity index (χ1v) is 7.11. The van der Waals surface area contributed by atoms with Crippen LogP contribution in [0.5, 0.6) is 0 Å². The summed E-state index contributed by atoms with van der Waals surface area (Å²) >= 11 is 0. The number of carbonyl (C=O) groups is 1. The van der Waals surface area contributed by atoms with Crippen LogP contribution in [0.25, 0.3) is 6.08 Å². The van der Waals surface area contributed by atoms with Gasteiger partial charge >= 0.3 is 5.97 Å². The van der Waals surface area contributed by atoms with Crippen molar-refractivity contribution in [3.63, 3.8) is 0 Å². The lowest BCUT2D eigenvalue weighted by molar-refractivity contribution is -0.131. The Labute approximate surface area is 123 Å². The summed E-state index contributed by atoms with van der Waals surface area (Å²) in [7, 11) is 0. The summed E-state index contributed by atoms with van der Waals surface area (Å²) in [4.78, 5) is 12.8. The van der Waals surface area contributed by atoms with Crippen molar-refractivity contribution in [2.45, 2.75) is 19.4 Å². The van der Waals surface area contributed by atoms with E-state index in [2.05, 4.69) is 4.90 Å². The fourth-order valence-electron chi connectivity index (χ4n) is 2.57. The molecule has 1 fully saturated rings. The fourth-order valence-corrected chi connectivity index (χ4v) is 2.57. The van der Waals surface area contributed by atoms with E-state index in [1.807, 2.05) is 0 Å². The van der Waals surface area contributed by atoms with Crippen LogP contribution in [0.15, 0.2) is 24.3 Å². The van der Waals surface area contributed by atoms with Crippen molar-refractivity contribution < 1.29 is 19.4 Å². The van der Waals surface area contributed by atoms with Gasteiger partial charge in [-0.2, -0.15) is 0 Å². The number of aliphatic hydroxyl groups is 1. The summed E-state index contributed by atoms with van der Waals surface area (Å²) in [5, 5.41) is 17.7. The standard InChI is InChI=1S/C16H20FNO3/c17-15-3-1-13(9-14(15)2-4-16(20)21)10-18-7-5-12(11-19)6-8-18/h1-4,9,12,19H,5-8,10-11H2,(H,20,21). The monoisotopic (exact) mass is 293 g/mol. The number of aliphatic hydroxyl groups excluding tert-OH is 1. The lowest BCUT2D eigenvalue weighted by Crippen LogP contribution is -2.34. The number of nitrogens with zero attached hydrogens (tertiary/aromatic N) is 1. The third-order valence-corrected chi connectivity index (χ3v) is 3.84. The number of likely N-dealkylation sites (tertiary alicyclic amines) is 1. The molecule has 4 nitrogen and oxygen atoms in total. The molecule has 0 atom stereocenters. The third kappa shape index (κ3) is 4.65.